The second-order valence-electron chi connectivity index (χ2n) is 3.70. The van der Waals surface area contributed by atoms with Crippen LogP contribution in [-0.4, -0.2) is 30.6 Å². The summed E-state index contributed by atoms with van der Waals surface area (Å²) < 4.78 is 0. The van der Waals surface area contributed by atoms with Gasteiger partial charge in [0, 0.05) is 25.3 Å². The van der Waals surface area contributed by atoms with E-state index in [-0.39, 0.29) is 6.03 Å². The zero-order chi connectivity index (χ0) is 10.7. The zero-order valence-electron chi connectivity index (χ0n) is 9.02. The Morgan fingerprint density at radius 2 is 2.00 bits per heavy atom. The van der Waals surface area contributed by atoms with Gasteiger partial charge in [-0.2, -0.15) is 0 Å². The van der Waals surface area contributed by atoms with Crippen molar-refractivity contribution in [3.63, 3.8) is 0 Å². The number of anilines is 1. The summed E-state index contributed by atoms with van der Waals surface area (Å²) in [4.78, 5) is 15.7. The van der Waals surface area contributed by atoms with Crippen molar-refractivity contribution in [1.29, 1.82) is 0 Å². The number of rotatable bonds is 2. The summed E-state index contributed by atoms with van der Waals surface area (Å²) in [6.07, 6.45) is 1.14. The molecule has 0 radical (unpaired) electrons. The van der Waals surface area contributed by atoms with Crippen LogP contribution in [0.4, 0.5) is 10.5 Å². The van der Waals surface area contributed by atoms with Gasteiger partial charge in [-0.05, 0) is 25.5 Å². The van der Waals surface area contributed by atoms with Gasteiger partial charge in [0.1, 0.15) is 0 Å². The van der Waals surface area contributed by atoms with E-state index in [0.29, 0.717) is 0 Å². The maximum Gasteiger partial charge on any atom is 0.324 e. The second-order valence-corrected chi connectivity index (χ2v) is 3.70. The molecule has 2 amide bonds. The van der Waals surface area contributed by atoms with Crippen molar-refractivity contribution in [2.24, 2.45) is 0 Å². The molecule has 0 aromatic heterocycles. The van der Waals surface area contributed by atoms with Gasteiger partial charge in [-0.1, -0.05) is 18.2 Å². The largest absolute Gasteiger partial charge is 0.324 e. The van der Waals surface area contributed by atoms with Crippen LogP contribution in [0, 0.1) is 0 Å². The van der Waals surface area contributed by atoms with E-state index in [1.807, 2.05) is 47.1 Å². The number of benzene rings is 1. The molecule has 0 spiro atoms. The van der Waals surface area contributed by atoms with E-state index in [0.717, 1.165) is 31.7 Å². The fourth-order valence-corrected chi connectivity index (χ4v) is 1.71. The number of para-hydroxylation sites is 1. The van der Waals surface area contributed by atoms with Gasteiger partial charge in [0.05, 0.1) is 0 Å². The molecule has 0 saturated carbocycles. The summed E-state index contributed by atoms with van der Waals surface area (Å²) in [7, 11) is 0. The molecule has 1 fully saturated rings. The minimum Gasteiger partial charge on any atom is -0.324 e. The molecule has 80 valence electrons. The van der Waals surface area contributed by atoms with Crippen LogP contribution in [0.1, 0.15) is 13.3 Å². The van der Waals surface area contributed by atoms with E-state index < -0.39 is 0 Å². The lowest BCUT2D eigenvalue weighted by atomic mass is 10.2. The van der Waals surface area contributed by atoms with Gasteiger partial charge in [-0.15, -0.1) is 0 Å². The molecule has 0 N–H and O–H groups in total. The highest BCUT2D eigenvalue weighted by molar-refractivity contribution is 5.92. The van der Waals surface area contributed by atoms with Crippen molar-refractivity contribution in [1.82, 2.24) is 4.90 Å². The molecular formula is C12H16N2O. The van der Waals surface area contributed by atoms with Crippen LogP contribution in [0.25, 0.3) is 0 Å². The molecule has 1 aromatic carbocycles. The number of amides is 2. The van der Waals surface area contributed by atoms with Gasteiger partial charge >= 0.3 is 6.03 Å². The Morgan fingerprint density at radius 3 is 2.47 bits per heavy atom. The van der Waals surface area contributed by atoms with Gasteiger partial charge in [0.25, 0.3) is 0 Å². The predicted molar refractivity (Wildman–Crippen MR) is 61.0 cm³/mol. The Bertz CT molecular complexity index is 333. The molecule has 1 aliphatic heterocycles. The Morgan fingerprint density at radius 1 is 1.33 bits per heavy atom. The Labute approximate surface area is 90.3 Å². The minimum atomic E-state index is 0.134. The van der Waals surface area contributed by atoms with E-state index >= 15 is 0 Å². The van der Waals surface area contributed by atoms with Crippen molar-refractivity contribution in [2.75, 3.05) is 24.5 Å². The smallest absolute Gasteiger partial charge is 0.324 e. The minimum absolute atomic E-state index is 0.134. The number of carbonyl (C=O) groups is 1. The first-order valence-electron chi connectivity index (χ1n) is 5.44. The third-order valence-electron chi connectivity index (χ3n) is 2.74. The summed E-state index contributed by atoms with van der Waals surface area (Å²) in [6, 6.07) is 9.96. The SMILES string of the molecule is CCN(C(=O)N1CCC1)c1ccccc1. The van der Waals surface area contributed by atoms with E-state index in [1.165, 1.54) is 0 Å². The molecule has 0 unspecified atom stereocenters. The highest BCUT2D eigenvalue weighted by atomic mass is 16.2. The fraction of sp³-hybridized carbons (Fsp3) is 0.417. The molecule has 1 saturated heterocycles. The van der Waals surface area contributed by atoms with Crippen LogP contribution in [0.2, 0.25) is 0 Å². The van der Waals surface area contributed by atoms with E-state index in [9.17, 15) is 4.79 Å². The molecule has 0 aliphatic carbocycles. The molecule has 0 atom stereocenters. The number of nitrogens with zero attached hydrogens (tertiary/aromatic N) is 2. The molecule has 0 bridgehead atoms. The average molecular weight is 204 g/mol. The summed E-state index contributed by atoms with van der Waals surface area (Å²) in [5.74, 6) is 0. The Kier molecular flexibility index (Phi) is 2.90. The van der Waals surface area contributed by atoms with Crippen LogP contribution >= 0.6 is 0 Å². The number of hydrogen-bond donors (Lipinski definition) is 0. The highest BCUT2D eigenvalue weighted by Gasteiger charge is 2.25. The van der Waals surface area contributed by atoms with Crippen molar-refractivity contribution in [3.05, 3.63) is 30.3 Å². The van der Waals surface area contributed by atoms with Crippen LogP contribution in [-0.2, 0) is 0 Å². The van der Waals surface area contributed by atoms with Crippen LogP contribution < -0.4 is 4.90 Å². The first kappa shape index (κ1) is 10.0. The molecule has 15 heavy (non-hydrogen) atoms. The van der Waals surface area contributed by atoms with Crippen molar-refractivity contribution in [3.8, 4) is 0 Å². The Balaban J connectivity index is 2.13. The lowest BCUT2D eigenvalue weighted by molar-refractivity contribution is 0.174. The summed E-state index contributed by atoms with van der Waals surface area (Å²) in [5, 5.41) is 0. The van der Waals surface area contributed by atoms with Gasteiger partial charge in [-0.3, -0.25) is 4.90 Å². The van der Waals surface area contributed by atoms with Gasteiger partial charge < -0.3 is 4.90 Å². The van der Waals surface area contributed by atoms with Gasteiger partial charge in [0.15, 0.2) is 0 Å². The molecule has 2 rings (SSSR count). The number of likely N-dealkylation sites (tertiary alicyclic amines) is 1. The predicted octanol–water partition coefficient (Wildman–Crippen LogP) is 2.34. The van der Waals surface area contributed by atoms with E-state index in [4.69, 9.17) is 0 Å². The normalized spacial score (nSPS) is 14.6. The lowest BCUT2D eigenvalue weighted by Gasteiger charge is -2.35. The average Bonchev–Trinajstić information content (AvgIpc) is 2.18. The number of urea groups is 1. The van der Waals surface area contributed by atoms with E-state index in [1.54, 1.807) is 0 Å². The summed E-state index contributed by atoms with van der Waals surface area (Å²) >= 11 is 0. The van der Waals surface area contributed by atoms with Crippen LogP contribution in [0.3, 0.4) is 0 Å². The summed E-state index contributed by atoms with van der Waals surface area (Å²) in [5.41, 5.74) is 0.983. The topological polar surface area (TPSA) is 23.6 Å². The van der Waals surface area contributed by atoms with E-state index in [2.05, 4.69) is 0 Å². The third-order valence-corrected chi connectivity index (χ3v) is 2.74. The lowest BCUT2D eigenvalue weighted by Crippen LogP contribution is -2.49. The third kappa shape index (κ3) is 1.96. The number of hydrogen-bond acceptors (Lipinski definition) is 1. The van der Waals surface area contributed by atoms with Gasteiger partial charge in [0.2, 0.25) is 0 Å². The van der Waals surface area contributed by atoms with Crippen molar-refractivity contribution >= 4 is 11.7 Å². The number of carbonyl (C=O) groups excluding carboxylic acids is 1. The quantitative estimate of drug-likeness (QED) is 0.725. The fourth-order valence-electron chi connectivity index (χ4n) is 1.71. The van der Waals surface area contributed by atoms with Crippen LogP contribution in [0.5, 0.6) is 0 Å². The highest BCUT2D eigenvalue weighted by Crippen LogP contribution is 2.17. The maximum absolute atomic E-state index is 12.0. The monoisotopic (exact) mass is 204 g/mol. The zero-order valence-corrected chi connectivity index (χ0v) is 9.02. The maximum atomic E-state index is 12.0. The van der Waals surface area contributed by atoms with Crippen LogP contribution in [0.15, 0.2) is 30.3 Å². The summed E-state index contributed by atoms with van der Waals surface area (Å²) in [6.45, 7) is 4.54. The van der Waals surface area contributed by atoms with Crippen molar-refractivity contribution in [2.45, 2.75) is 13.3 Å². The first-order valence-corrected chi connectivity index (χ1v) is 5.44. The molecule has 1 heterocycles. The molecular weight excluding hydrogens is 188 g/mol. The van der Waals surface area contributed by atoms with Crippen molar-refractivity contribution < 1.29 is 4.79 Å². The molecule has 1 aromatic rings. The molecule has 1 aliphatic rings. The standard InChI is InChI=1S/C12H16N2O/c1-2-14(11-7-4-3-5-8-11)12(15)13-9-6-10-13/h3-5,7-8H,2,6,9-10H2,1H3. The Hall–Kier alpha value is -1.51. The molecule has 3 nitrogen and oxygen atoms in total. The second kappa shape index (κ2) is 4.34. The first-order chi connectivity index (χ1) is 7.33. The molecule has 3 heteroatoms. The van der Waals surface area contributed by atoms with Gasteiger partial charge in [-0.25, -0.2) is 4.79 Å².